The number of hydrogen-bond donors (Lipinski definition) is 1. The van der Waals surface area contributed by atoms with E-state index in [1.54, 1.807) is 25.3 Å². The first-order chi connectivity index (χ1) is 10.0. The lowest BCUT2D eigenvalue weighted by Gasteiger charge is -2.14. The van der Waals surface area contributed by atoms with Gasteiger partial charge in [-0.1, -0.05) is 30.3 Å². The van der Waals surface area contributed by atoms with Gasteiger partial charge in [0.1, 0.15) is 5.75 Å². The van der Waals surface area contributed by atoms with E-state index in [2.05, 4.69) is 0 Å². The standard InChI is InChI=1S/C16H18N2O3/c1-11-7-8-12(10-16(11)21-2)14(17)9-13-5-3-4-6-15(13)18(19)20/h3-8,10,14H,9,17H2,1-2H3. The van der Waals surface area contributed by atoms with Crippen LogP contribution in [0.2, 0.25) is 0 Å². The summed E-state index contributed by atoms with van der Waals surface area (Å²) >= 11 is 0. The van der Waals surface area contributed by atoms with Gasteiger partial charge in [-0.3, -0.25) is 10.1 Å². The van der Waals surface area contributed by atoms with Crippen LogP contribution in [-0.2, 0) is 6.42 Å². The molecule has 2 N–H and O–H groups in total. The van der Waals surface area contributed by atoms with Crippen molar-refractivity contribution in [3.8, 4) is 5.75 Å². The normalized spacial score (nSPS) is 12.0. The second-order valence-corrected chi connectivity index (χ2v) is 4.93. The van der Waals surface area contributed by atoms with E-state index in [4.69, 9.17) is 10.5 Å². The first-order valence-electron chi connectivity index (χ1n) is 6.65. The molecule has 2 aromatic carbocycles. The molecule has 0 radical (unpaired) electrons. The molecule has 110 valence electrons. The molecule has 0 spiro atoms. The van der Waals surface area contributed by atoms with Crippen molar-refractivity contribution in [2.75, 3.05) is 7.11 Å². The Bertz CT molecular complexity index is 656. The van der Waals surface area contributed by atoms with Crippen LogP contribution in [0.3, 0.4) is 0 Å². The number of benzene rings is 2. The summed E-state index contributed by atoms with van der Waals surface area (Å²) in [5, 5.41) is 11.0. The van der Waals surface area contributed by atoms with Crippen LogP contribution in [0, 0.1) is 17.0 Å². The van der Waals surface area contributed by atoms with E-state index in [1.807, 2.05) is 25.1 Å². The number of nitrogens with two attached hydrogens (primary N) is 1. The number of nitro benzene ring substituents is 1. The zero-order valence-corrected chi connectivity index (χ0v) is 12.1. The summed E-state index contributed by atoms with van der Waals surface area (Å²) in [6.07, 6.45) is 0.406. The zero-order chi connectivity index (χ0) is 15.4. The fourth-order valence-electron chi connectivity index (χ4n) is 2.28. The molecule has 0 heterocycles. The van der Waals surface area contributed by atoms with Crippen LogP contribution >= 0.6 is 0 Å². The lowest BCUT2D eigenvalue weighted by molar-refractivity contribution is -0.385. The van der Waals surface area contributed by atoms with Gasteiger partial charge in [-0.15, -0.1) is 0 Å². The van der Waals surface area contributed by atoms with Gasteiger partial charge in [0.25, 0.3) is 5.69 Å². The van der Waals surface area contributed by atoms with Gasteiger partial charge >= 0.3 is 0 Å². The van der Waals surface area contributed by atoms with Gasteiger partial charge in [-0.25, -0.2) is 0 Å². The van der Waals surface area contributed by atoms with E-state index >= 15 is 0 Å². The Morgan fingerprint density at radius 3 is 2.67 bits per heavy atom. The van der Waals surface area contributed by atoms with E-state index in [0.29, 0.717) is 12.0 Å². The van der Waals surface area contributed by atoms with Crippen molar-refractivity contribution in [1.29, 1.82) is 0 Å². The number of aryl methyl sites for hydroxylation is 1. The van der Waals surface area contributed by atoms with E-state index in [0.717, 1.165) is 16.9 Å². The molecule has 0 aliphatic rings. The molecule has 0 amide bonds. The number of hydrogen-bond acceptors (Lipinski definition) is 4. The SMILES string of the molecule is COc1cc(C(N)Cc2ccccc2[N+](=O)[O-])ccc1C. The summed E-state index contributed by atoms with van der Waals surface area (Å²) in [4.78, 5) is 10.7. The lowest BCUT2D eigenvalue weighted by Crippen LogP contribution is -2.14. The molecule has 5 heteroatoms. The summed E-state index contributed by atoms with van der Waals surface area (Å²) in [6.45, 7) is 1.95. The van der Waals surface area contributed by atoms with Gasteiger partial charge < -0.3 is 10.5 Å². The highest BCUT2D eigenvalue weighted by Crippen LogP contribution is 2.27. The molecule has 21 heavy (non-hydrogen) atoms. The van der Waals surface area contributed by atoms with Gasteiger partial charge in [0.2, 0.25) is 0 Å². The Labute approximate surface area is 123 Å². The van der Waals surface area contributed by atoms with E-state index in [-0.39, 0.29) is 16.7 Å². The van der Waals surface area contributed by atoms with Crippen LogP contribution in [0.5, 0.6) is 5.75 Å². The molecular formula is C16H18N2O3. The molecule has 0 fully saturated rings. The summed E-state index contributed by atoms with van der Waals surface area (Å²) in [6, 6.07) is 12.1. The number of nitro groups is 1. The molecule has 0 saturated carbocycles. The van der Waals surface area contributed by atoms with E-state index < -0.39 is 0 Å². The molecule has 0 aliphatic heterocycles. The Balaban J connectivity index is 2.26. The van der Waals surface area contributed by atoms with Crippen LogP contribution in [0.1, 0.15) is 22.7 Å². The minimum absolute atomic E-state index is 0.104. The van der Waals surface area contributed by atoms with Crippen molar-refractivity contribution in [1.82, 2.24) is 0 Å². The fraction of sp³-hybridized carbons (Fsp3) is 0.250. The van der Waals surface area contributed by atoms with Crippen molar-refractivity contribution in [3.63, 3.8) is 0 Å². The van der Waals surface area contributed by atoms with Crippen LogP contribution in [-0.4, -0.2) is 12.0 Å². The average molecular weight is 286 g/mol. The van der Waals surface area contributed by atoms with Gasteiger partial charge in [0.05, 0.1) is 12.0 Å². The third kappa shape index (κ3) is 3.38. The smallest absolute Gasteiger partial charge is 0.272 e. The Morgan fingerprint density at radius 1 is 1.29 bits per heavy atom. The van der Waals surface area contributed by atoms with E-state index in [9.17, 15) is 10.1 Å². The lowest BCUT2D eigenvalue weighted by atomic mass is 9.97. The van der Waals surface area contributed by atoms with Crippen LogP contribution < -0.4 is 10.5 Å². The molecule has 1 atom stereocenters. The highest BCUT2D eigenvalue weighted by Gasteiger charge is 2.17. The summed E-state index contributed by atoms with van der Waals surface area (Å²) < 4.78 is 5.28. The highest BCUT2D eigenvalue weighted by atomic mass is 16.6. The van der Waals surface area contributed by atoms with Crippen molar-refractivity contribution in [3.05, 3.63) is 69.3 Å². The maximum Gasteiger partial charge on any atom is 0.272 e. The van der Waals surface area contributed by atoms with E-state index in [1.165, 1.54) is 6.07 Å². The Hall–Kier alpha value is -2.40. The second kappa shape index (κ2) is 6.37. The number of methoxy groups -OCH3 is 1. The summed E-state index contributed by atoms with van der Waals surface area (Å²) in [5.41, 5.74) is 8.85. The maximum absolute atomic E-state index is 11.0. The number of nitrogens with zero attached hydrogens (tertiary/aromatic N) is 1. The topological polar surface area (TPSA) is 78.4 Å². The minimum Gasteiger partial charge on any atom is -0.496 e. The quantitative estimate of drug-likeness (QED) is 0.676. The van der Waals surface area contributed by atoms with Crippen molar-refractivity contribution in [2.24, 2.45) is 5.73 Å². The fourth-order valence-corrected chi connectivity index (χ4v) is 2.28. The predicted molar refractivity (Wildman–Crippen MR) is 81.5 cm³/mol. The average Bonchev–Trinajstić information content (AvgIpc) is 2.48. The van der Waals surface area contributed by atoms with Gasteiger partial charge in [-0.2, -0.15) is 0 Å². The number of rotatable bonds is 5. The van der Waals surface area contributed by atoms with Crippen LogP contribution in [0.25, 0.3) is 0 Å². The van der Waals surface area contributed by atoms with Crippen molar-refractivity contribution in [2.45, 2.75) is 19.4 Å². The van der Waals surface area contributed by atoms with Gasteiger partial charge in [0.15, 0.2) is 0 Å². The molecule has 0 bridgehead atoms. The number of para-hydroxylation sites is 1. The Kier molecular flexibility index (Phi) is 4.55. The minimum atomic E-state index is -0.377. The summed E-state index contributed by atoms with van der Waals surface area (Å²) in [5.74, 6) is 0.769. The molecule has 0 saturated heterocycles. The number of ether oxygens (including phenoxy) is 1. The highest BCUT2D eigenvalue weighted by molar-refractivity contribution is 5.42. The molecule has 0 aliphatic carbocycles. The van der Waals surface area contributed by atoms with Crippen LogP contribution in [0.15, 0.2) is 42.5 Å². The predicted octanol–water partition coefficient (Wildman–Crippen LogP) is 3.15. The first kappa shape index (κ1) is 15.0. The zero-order valence-electron chi connectivity index (χ0n) is 12.1. The molecule has 2 rings (SSSR count). The van der Waals surface area contributed by atoms with Gasteiger partial charge in [0, 0.05) is 17.7 Å². The molecule has 0 aromatic heterocycles. The summed E-state index contributed by atoms with van der Waals surface area (Å²) in [7, 11) is 1.61. The third-order valence-corrected chi connectivity index (χ3v) is 3.49. The molecule has 2 aromatic rings. The van der Waals surface area contributed by atoms with Crippen LogP contribution in [0.4, 0.5) is 5.69 Å². The molecule has 5 nitrogen and oxygen atoms in total. The van der Waals surface area contributed by atoms with Crippen molar-refractivity contribution < 1.29 is 9.66 Å². The second-order valence-electron chi connectivity index (χ2n) is 4.93. The third-order valence-electron chi connectivity index (χ3n) is 3.49. The Morgan fingerprint density at radius 2 is 2.00 bits per heavy atom. The van der Waals surface area contributed by atoms with Crippen molar-refractivity contribution >= 4 is 5.69 Å². The first-order valence-corrected chi connectivity index (χ1v) is 6.65. The molecular weight excluding hydrogens is 268 g/mol. The molecule has 1 unspecified atom stereocenters. The van der Waals surface area contributed by atoms with Gasteiger partial charge in [-0.05, 0) is 30.5 Å². The monoisotopic (exact) mass is 286 g/mol. The largest absolute Gasteiger partial charge is 0.496 e. The maximum atomic E-state index is 11.0.